The molecule has 1 aliphatic carbocycles. The van der Waals surface area contributed by atoms with Crippen LogP contribution in [0.4, 0.5) is 5.82 Å². The van der Waals surface area contributed by atoms with Crippen LogP contribution in [-0.4, -0.2) is 28.7 Å². The van der Waals surface area contributed by atoms with Crippen molar-refractivity contribution in [1.82, 2.24) is 15.5 Å². The number of amides is 1. The van der Waals surface area contributed by atoms with Crippen molar-refractivity contribution in [2.75, 3.05) is 11.9 Å². The summed E-state index contributed by atoms with van der Waals surface area (Å²) in [5, 5.41) is 14.3. The lowest BCUT2D eigenvalue weighted by Crippen LogP contribution is -2.41. The molecular weight excluding hydrogens is 252 g/mol. The second-order valence-electron chi connectivity index (χ2n) is 5.57. The number of hydrogen-bond donors (Lipinski definition) is 2. The number of nitrogens with one attached hydrogen (secondary N) is 2. The molecule has 0 saturated heterocycles. The van der Waals surface area contributed by atoms with E-state index in [9.17, 15) is 4.79 Å². The number of carbonyl (C=O) groups is 1. The zero-order valence-electron chi connectivity index (χ0n) is 12.4. The molecule has 1 fully saturated rings. The van der Waals surface area contributed by atoms with Gasteiger partial charge in [-0.05, 0) is 37.3 Å². The van der Waals surface area contributed by atoms with Gasteiger partial charge in [0, 0.05) is 12.6 Å². The maximum atomic E-state index is 12.1. The Morgan fingerprint density at radius 2 is 2.10 bits per heavy atom. The van der Waals surface area contributed by atoms with Crippen molar-refractivity contribution >= 4 is 11.7 Å². The molecule has 1 aromatic heterocycles. The van der Waals surface area contributed by atoms with E-state index in [1.54, 1.807) is 6.07 Å². The number of hydrogen-bond acceptors (Lipinski definition) is 4. The van der Waals surface area contributed by atoms with Crippen molar-refractivity contribution in [3.63, 3.8) is 0 Å². The lowest BCUT2D eigenvalue weighted by Gasteiger charge is -2.29. The van der Waals surface area contributed by atoms with E-state index in [0.717, 1.165) is 25.2 Å². The molecule has 0 aliphatic heterocycles. The highest BCUT2D eigenvalue weighted by atomic mass is 16.2. The van der Waals surface area contributed by atoms with Crippen molar-refractivity contribution in [2.45, 2.75) is 52.0 Å². The highest BCUT2D eigenvalue weighted by Gasteiger charge is 2.23. The van der Waals surface area contributed by atoms with Crippen LogP contribution < -0.4 is 10.6 Å². The first-order chi connectivity index (χ1) is 9.70. The minimum absolute atomic E-state index is 0.113. The minimum Gasteiger partial charge on any atom is -0.369 e. The normalized spacial score (nSPS) is 22.3. The summed E-state index contributed by atoms with van der Waals surface area (Å²) in [6.07, 6.45) is 5.75. The Bertz CT molecular complexity index is 432. The van der Waals surface area contributed by atoms with Gasteiger partial charge in [0.15, 0.2) is 5.69 Å². The Hall–Kier alpha value is -1.65. The fourth-order valence-corrected chi connectivity index (χ4v) is 2.57. The number of anilines is 1. The molecule has 5 nitrogen and oxygen atoms in total. The van der Waals surface area contributed by atoms with Gasteiger partial charge in [0.25, 0.3) is 5.91 Å². The highest BCUT2D eigenvalue weighted by Crippen LogP contribution is 2.23. The van der Waals surface area contributed by atoms with Crippen LogP contribution in [0.3, 0.4) is 0 Å². The van der Waals surface area contributed by atoms with Gasteiger partial charge in [-0.2, -0.15) is 0 Å². The van der Waals surface area contributed by atoms with E-state index in [1.165, 1.54) is 19.3 Å². The third kappa shape index (κ3) is 3.92. The van der Waals surface area contributed by atoms with Crippen molar-refractivity contribution in [1.29, 1.82) is 0 Å². The standard InChI is InChI=1S/C15H24N4O/c1-3-10-16-14-9-8-13(18-19-14)15(20)17-12-7-5-4-6-11(12)2/h8-9,11-12H,3-7,10H2,1-2H3,(H,16,19)(H,17,20). The summed E-state index contributed by atoms with van der Waals surface area (Å²) in [6, 6.07) is 3.81. The topological polar surface area (TPSA) is 66.9 Å². The first-order valence-corrected chi connectivity index (χ1v) is 7.59. The maximum absolute atomic E-state index is 12.1. The Kier molecular flexibility index (Phi) is 5.32. The second-order valence-corrected chi connectivity index (χ2v) is 5.57. The molecule has 1 heterocycles. The molecule has 0 radical (unpaired) electrons. The molecule has 0 bridgehead atoms. The summed E-state index contributed by atoms with van der Waals surface area (Å²) in [5.74, 6) is 1.15. The van der Waals surface area contributed by atoms with Crippen LogP contribution in [0, 0.1) is 5.92 Å². The molecule has 0 spiro atoms. The molecule has 2 unspecified atom stereocenters. The predicted molar refractivity (Wildman–Crippen MR) is 79.7 cm³/mol. The van der Waals surface area contributed by atoms with Crippen LogP contribution in [0.25, 0.3) is 0 Å². The third-order valence-corrected chi connectivity index (χ3v) is 3.88. The number of aromatic nitrogens is 2. The molecule has 1 saturated carbocycles. The zero-order chi connectivity index (χ0) is 14.4. The maximum Gasteiger partial charge on any atom is 0.272 e. The lowest BCUT2D eigenvalue weighted by molar-refractivity contribution is 0.0904. The average Bonchev–Trinajstić information content (AvgIpc) is 2.48. The van der Waals surface area contributed by atoms with Crippen LogP contribution in [0.5, 0.6) is 0 Å². The summed E-state index contributed by atoms with van der Waals surface area (Å²) in [7, 11) is 0. The van der Waals surface area contributed by atoms with E-state index in [2.05, 4.69) is 34.7 Å². The quantitative estimate of drug-likeness (QED) is 0.867. The minimum atomic E-state index is -0.113. The smallest absolute Gasteiger partial charge is 0.272 e. The summed E-state index contributed by atoms with van der Waals surface area (Å²) in [6.45, 7) is 5.15. The van der Waals surface area contributed by atoms with Gasteiger partial charge in [-0.1, -0.05) is 26.7 Å². The monoisotopic (exact) mass is 276 g/mol. The SMILES string of the molecule is CCCNc1ccc(C(=O)NC2CCCCC2C)nn1. The lowest BCUT2D eigenvalue weighted by atomic mass is 9.86. The Morgan fingerprint density at radius 1 is 1.30 bits per heavy atom. The molecule has 1 amide bonds. The van der Waals surface area contributed by atoms with Gasteiger partial charge in [0.2, 0.25) is 0 Å². The van der Waals surface area contributed by atoms with Crippen molar-refractivity contribution in [2.24, 2.45) is 5.92 Å². The predicted octanol–water partition coefficient (Wildman–Crippen LogP) is 2.61. The van der Waals surface area contributed by atoms with Gasteiger partial charge in [0.1, 0.15) is 5.82 Å². The van der Waals surface area contributed by atoms with Gasteiger partial charge in [-0.25, -0.2) is 0 Å². The summed E-state index contributed by atoms with van der Waals surface area (Å²) in [4.78, 5) is 12.1. The fourth-order valence-electron chi connectivity index (χ4n) is 2.57. The molecule has 20 heavy (non-hydrogen) atoms. The first-order valence-electron chi connectivity index (χ1n) is 7.59. The molecule has 1 aromatic rings. The number of nitrogens with zero attached hydrogens (tertiary/aromatic N) is 2. The van der Waals surface area contributed by atoms with E-state index in [-0.39, 0.29) is 11.9 Å². The van der Waals surface area contributed by atoms with Gasteiger partial charge in [0.05, 0.1) is 0 Å². The Labute approximate surface area is 120 Å². The molecule has 110 valence electrons. The molecule has 2 atom stereocenters. The first kappa shape index (κ1) is 14.8. The summed E-state index contributed by atoms with van der Waals surface area (Å²) < 4.78 is 0. The molecule has 0 aromatic carbocycles. The van der Waals surface area contributed by atoms with Crippen LogP contribution in [0.1, 0.15) is 56.4 Å². The molecule has 5 heteroatoms. The largest absolute Gasteiger partial charge is 0.369 e. The molecule has 2 rings (SSSR count). The molecular formula is C15H24N4O. The van der Waals surface area contributed by atoms with Crippen molar-refractivity contribution < 1.29 is 4.79 Å². The van der Waals surface area contributed by atoms with Crippen molar-refractivity contribution in [3.05, 3.63) is 17.8 Å². The molecule has 2 N–H and O–H groups in total. The summed E-state index contributed by atoms with van der Waals surface area (Å²) >= 11 is 0. The van der Waals surface area contributed by atoms with Gasteiger partial charge < -0.3 is 10.6 Å². The van der Waals surface area contributed by atoms with E-state index < -0.39 is 0 Å². The zero-order valence-corrected chi connectivity index (χ0v) is 12.4. The van der Waals surface area contributed by atoms with E-state index >= 15 is 0 Å². The average molecular weight is 276 g/mol. The van der Waals surface area contributed by atoms with Crippen molar-refractivity contribution in [3.8, 4) is 0 Å². The molecule has 1 aliphatic rings. The number of carbonyl (C=O) groups excluding carboxylic acids is 1. The van der Waals surface area contributed by atoms with Crippen LogP contribution in [0.2, 0.25) is 0 Å². The second kappa shape index (κ2) is 7.22. The van der Waals surface area contributed by atoms with E-state index in [0.29, 0.717) is 11.6 Å². The Balaban J connectivity index is 1.91. The van der Waals surface area contributed by atoms with Crippen LogP contribution in [-0.2, 0) is 0 Å². The summed E-state index contributed by atoms with van der Waals surface area (Å²) in [5.41, 5.74) is 0.393. The van der Waals surface area contributed by atoms with Gasteiger partial charge >= 0.3 is 0 Å². The van der Waals surface area contributed by atoms with Crippen LogP contribution >= 0.6 is 0 Å². The fraction of sp³-hybridized carbons (Fsp3) is 0.667. The Morgan fingerprint density at radius 3 is 2.75 bits per heavy atom. The van der Waals surface area contributed by atoms with E-state index in [1.807, 2.05) is 6.07 Å². The van der Waals surface area contributed by atoms with Crippen LogP contribution in [0.15, 0.2) is 12.1 Å². The third-order valence-electron chi connectivity index (χ3n) is 3.88. The van der Waals surface area contributed by atoms with Gasteiger partial charge in [-0.3, -0.25) is 4.79 Å². The highest BCUT2D eigenvalue weighted by molar-refractivity contribution is 5.92. The van der Waals surface area contributed by atoms with E-state index in [4.69, 9.17) is 0 Å². The number of rotatable bonds is 5. The van der Waals surface area contributed by atoms with Gasteiger partial charge in [-0.15, -0.1) is 10.2 Å².